The number of ether oxygens (including phenoxy) is 1. The van der Waals surface area contributed by atoms with Crippen LogP contribution in [-0.4, -0.2) is 54.6 Å². The van der Waals surface area contributed by atoms with E-state index in [1.807, 2.05) is 42.5 Å². The van der Waals surface area contributed by atoms with Crippen LogP contribution in [0.2, 0.25) is 0 Å². The first-order valence-electron chi connectivity index (χ1n) is 10.5. The zero-order valence-electron chi connectivity index (χ0n) is 17.9. The number of rotatable bonds is 6. The van der Waals surface area contributed by atoms with E-state index in [2.05, 4.69) is 15.5 Å². The molecule has 0 saturated carbocycles. The van der Waals surface area contributed by atoms with E-state index in [0.717, 1.165) is 24.5 Å². The first-order chi connectivity index (χ1) is 16.1. The maximum atomic E-state index is 12.4. The predicted octanol–water partition coefficient (Wildman–Crippen LogP) is 3.13. The molecule has 0 radical (unpaired) electrons. The highest BCUT2D eigenvalue weighted by Gasteiger charge is 2.23. The molecule has 8 nitrogen and oxygen atoms in total. The van der Waals surface area contributed by atoms with Gasteiger partial charge in [0.1, 0.15) is 5.75 Å². The van der Waals surface area contributed by atoms with E-state index in [1.165, 1.54) is 6.26 Å². The lowest BCUT2D eigenvalue weighted by molar-refractivity contribution is -0.121. The summed E-state index contributed by atoms with van der Waals surface area (Å²) in [5.41, 5.74) is 1.82. The second-order valence-electron chi connectivity index (χ2n) is 7.41. The largest absolute Gasteiger partial charge is 0.484 e. The lowest BCUT2D eigenvalue weighted by Gasteiger charge is -2.35. The monoisotopic (exact) mass is 464 g/mol. The van der Waals surface area contributed by atoms with Gasteiger partial charge in [-0.1, -0.05) is 18.2 Å². The molecule has 9 heteroatoms. The van der Waals surface area contributed by atoms with E-state index in [0.29, 0.717) is 24.6 Å². The molecule has 3 aromatic rings. The van der Waals surface area contributed by atoms with E-state index in [9.17, 15) is 9.59 Å². The van der Waals surface area contributed by atoms with Gasteiger partial charge in [0.25, 0.3) is 11.8 Å². The molecule has 1 fully saturated rings. The van der Waals surface area contributed by atoms with Gasteiger partial charge in [-0.25, -0.2) is 0 Å². The van der Waals surface area contributed by atoms with Crippen molar-refractivity contribution in [3.8, 4) is 5.75 Å². The number of nitrogens with zero attached hydrogens (tertiary/aromatic N) is 2. The van der Waals surface area contributed by atoms with Crippen molar-refractivity contribution in [3.63, 3.8) is 0 Å². The molecule has 1 aliphatic heterocycles. The van der Waals surface area contributed by atoms with Crippen LogP contribution >= 0.6 is 12.2 Å². The van der Waals surface area contributed by atoms with Gasteiger partial charge >= 0.3 is 0 Å². The van der Waals surface area contributed by atoms with E-state index in [-0.39, 0.29) is 23.5 Å². The second kappa shape index (κ2) is 10.6. The standard InChI is InChI=1S/C24H24N4O4S/c29-22(17-32-20-5-2-1-3-6-20)26-24(33)25-18-8-10-19(11-9-18)27-12-14-28(15-13-27)23(30)21-7-4-16-31-21/h1-11,16H,12-15,17H2,(H2,25,26,29,33). The highest BCUT2D eigenvalue weighted by atomic mass is 32.1. The Bertz CT molecular complexity index is 1080. The Morgan fingerprint density at radius 2 is 1.67 bits per heavy atom. The van der Waals surface area contributed by atoms with Crippen LogP contribution in [0.15, 0.2) is 77.4 Å². The third-order valence-electron chi connectivity index (χ3n) is 5.16. The van der Waals surface area contributed by atoms with Crippen molar-refractivity contribution in [1.82, 2.24) is 10.2 Å². The Morgan fingerprint density at radius 1 is 0.939 bits per heavy atom. The summed E-state index contributed by atoms with van der Waals surface area (Å²) in [7, 11) is 0. The van der Waals surface area contributed by atoms with Crippen LogP contribution in [-0.2, 0) is 4.79 Å². The van der Waals surface area contributed by atoms with Gasteiger partial charge in [0.15, 0.2) is 17.5 Å². The molecule has 0 spiro atoms. The quantitative estimate of drug-likeness (QED) is 0.542. The maximum Gasteiger partial charge on any atom is 0.289 e. The van der Waals surface area contributed by atoms with E-state index < -0.39 is 0 Å². The van der Waals surface area contributed by atoms with Gasteiger partial charge < -0.3 is 24.3 Å². The molecule has 1 saturated heterocycles. The number of piperazine rings is 1. The van der Waals surface area contributed by atoms with Crippen LogP contribution in [0.25, 0.3) is 0 Å². The number of nitrogens with one attached hydrogen (secondary N) is 2. The van der Waals surface area contributed by atoms with Crippen molar-refractivity contribution in [1.29, 1.82) is 0 Å². The van der Waals surface area contributed by atoms with Crippen molar-refractivity contribution in [2.75, 3.05) is 43.0 Å². The number of hydrogen-bond donors (Lipinski definition) is 2. The molecule has 0 bridgehead atoms. The summed E-state index contributed by atoms with van der Waals surface area (Å²) in [6.07, 6.45) is 1.51. The van der Waals surface area contributed by atoms with Crippen LogP contribution in [0.1, 0.15) is 10.6 Å². The Balaban J connectivity index is 1.22. The Kier molecular flexibility index (Phi) is 7.21. The van der Waals surface area contributed by atoms with Crippen LogP contribution < -0.4 is 20.3 Å². The number of furan rings is 1. The number of hydrogen-bond acceptors (Lipinski definition) is 6. The number of thiocarbonyl (C=S) groups is 1. The highest BCUT2D eigenvalue weighted by Crippen LogP contribution is 2.20. The van der Waals surface area contributed by atoms with Crippen molar-refractivity contribution in [2.24, 2.45) is 0 Å². The summed E-state index contributed by atoms with van der Waals surface area (Å²) in [4.78, 5) is 28.4. The minimum absolute atomic E-state index is 0.0797. The van der Waals surface area contributed by atoms with E-state index >= 15 is 0 Å². The van der Waals surface area contributed by atoms with Crippen molar-refractivity contribution < 1.29 is 18.7 Å². The van der Waals surface area contributed by atoms with Crippen LogP contribution in [0.3, 0.4) is 0 Å². The number of carbonyl (C=O) groups excluding carboxylic acids is 2. The molecule has 0 unspecified atom stereocenters. The fourth-order valence-corrected chi connectivity index (χ4v) is 3.70. The van der Waals surface area contributed by atoms with Gasteiger partial charge in [0.05, 0.1) is 6.26 Å². The number of anilines is 2. The van der Waals surface area contributed by atoms with Crippen LogP contribution in [0.5, 0.6) is 5.75 Å². The molecule has 4 rings (SSSR count). The van der Waals surface area contributed by atoms with Crippen molar-refractivity contribution in [2.45, 2.75) is 0 Å². The lowest BCUT2D eigenvalue weighted by atomic mass is 10.2. The maximum absolute atomic E-state index is 12.4. The predicted molar refractivity (Wildman–Crippen MR) is 130 cm³/mol. The molecule has 0 aliphatic carbocycles. The third-order valence-corrected chi connectivity index (χ3v) is 5.36. The van der Waals surface area contributed by atoms with Crippen molar-refractivity contribution >= 4 is 40.5 Å². The second-order valence-corrected chi connectivity index (χ2v) is 7.82. The lowest BCUT2D eigenvalue weighted by Crippen LogP contribution is -2.48. The average molecular weight is 465 g/mol. The highest BCUT2D eigenvalue weighted by molar-refractivity contribution is 7.80. The summed E-state index contributed by atoms with van der Waals surface area (Å²) < 4.78 is 10.6. The molecule has 2 N–H and O–H groups in total. The molecule has 170 valence electrons. The first kappa shape index (κ1) is 22.3. The van der Waals surface area contributed by atoms with E-state index in [1.54, 1.807) is 29.2 Å². The Hall–Kier alpha value is -3.85. The molecule has 1 aliphatic rings. The average Bonchev–Trinajstić information content (AvgIpc) is 3.39. The van der Waals surface area contributed by atoms with Crippen LogP contribution in [0, 0.1) is 0 Å². The fraction of sp³-hybridized carbons (Fsp3) is 0.208. The van der Waals surface area contributed by atoms with Crippen molar-refractivity contribution in [3.05, 3.63) is 78.8 Å². The fourth-order valence-electron chi connectivity index (χ4n) is 3.47. The molecule has 33 heavy (non-hydrogen) atoms. The minimum Gasteiger partial charge on any atom is -0.484 e. The minimum atomic E-state index is -0.338. The molecule has 0 atom stereocenters. The smallest absolute Gasteiger partial charge is 0.289 e. The number of benzene rings is 2. The van der Waals surface area contributed by atoms with Gasteiger partial charge in [-0.05, 0) is 60.7 Å². The summed E-state index contributed by atoms with van der Waals surface area (Å²) in [5.74, 6) is 0.570. The summed E-state index contributed by atoms with van der Waals surface area (Å²) in [6.45, 7) is 2.59. The number of amides is 2. The third kappa shape index (κ3) is 6.11. The van der Waals surface area contributed by atoms with Crippen LogP contribution in [0.4, 0.5) is 11.4 Å². The summed E-state index contributed by atoms with van der Waals surface area (Å²) >= 11 is 5.22. The molecular weight excluding hydrogens is 440 g/mol. The Labute approximate surface area is 197 Å². The normalized spacial score (nSPS) is 13.3. The van der Waals surface area contributed by atoms with Gasteiger partial charge in [-0.2, -0.15) is 0 Å². The molecular formula is C24H24N4O4S. The summed E-state index contributed by atoms with van der Waals surface area (Å²) in [6, 6.07) is 20.3. The molecule has 2 heterocycles. The molecule has 2 aromatic carbocycles. The molecule has 1 aromatic heterocycles. The number of para-hydroxylation sites is 1. The SMILES string of the molecule is O=C(COc1ccccc1)NC(=S)Nc1ccc(N2CCN(C(=O)c3ccco3)CC2)cc1. The van der Waals surface area contributed by atoms with E-state index in [4.69, 9.17) is 21.4 Å². The van der Waals surface area contributed by atoms with Gasteiger partial charge in [-0.15, -0.1) is 0 Å². The Morgan fingerprint density at radius 3 is 2.33 bits per heavy atom. The van der Waals surface area contributed by atoms with Gasteiger partial charge in [0.2, 0.25) is 0 Å². The zero-order chi connectivity index (χ0) is 23.0. The first-order valence-corrected chi connectivity index (χ1v) is 11.0. The van der Waals surface area contributed by atoms with Gasteiger partial charge in [0, 0.05) is 37.6 Å². The zero-order valence-corrected chi connectivity index (χ0v) is 18.7. The summed E-state index contributed by atoms with van der Waals surface area (Å²) in [5, 5.41) is 5.81. The van der Waals surface area contributed by atoms with Gasteiger partial charge in [-0.3, -0.25) is 14.9 Å². The molecule has 2 amide bonds. The topological polar surface area (TPSA) is 87.0 Å². The number of carbonyl (C=O) groups is 2.